The van der Waals surface area contributed by atoms with Crippen molar-refractivity contribution in [3.05, 3.63) is 65.2 Å². The summed E-state index contributed by atoms with van der Waals surface area (Å²) in [6.45, 7) is 1.68. The predicted octanol–water partition coefficient (Wildman–Crippen LogP) is 2.40. The Bertz CT molecular complexity index is 1040. The van der Waals surface area contributed by atoms with Gasteiger partial charge in [-0.3, -0.25) is 4.79 Å². The first kappa shape index (κ1) is 24.0. The highest BCUT2D eigenvalue weighted by Gasteiger charge is 2.31. The van der Waals surface area contributed by atoms with E-state index in [9.17, 15) is 18.0 Å². The van der Waals surface area contributed by atoms with Crippen molar-refractivity contribution in [2.24, 2.45) is 0 Å². The van der Waals surface area contributed by atoms with Crippen molar-refractivity contribution in [2.45, 2.75) is 17.9 Å². The second kappa shape index (κ2) is 10.8. The van der Waals surface area contributed by atoms with E-state index in [-0.39, 0.29) is 47.9 Å². The van der Waals surface area contributed by atoms with E-state index in [1.807, 2.05) is 30.3 Å². The maximum atomic E-state index is 12.8. The lowest BCUT2D eigenvalue weighted by Crippen LogP contribution is -2.51. The Hall–Kier alpha value is -2.62. The molecule has 10 heteroatoms. The summed E-state index contributed by atoms with van der Waals surface area (Å²) in [5.74, 6) is -0.120. The molecule has 1 N–H and O–H groups in total. The molecule has 3 amide bonds. The molecule has 2 aromatic rings. The molecule has 0 radical (unpaired) electrons. The molecule has 0 atom stereocenters. The van der Waals surface area contributed by atoms with Crippen molar-refractivity contribution < 1.29 is 18.0 Å². The Kier molecular flexibility index (Phi) is 8.11. The van der Waals surface area contributed by atoms with E-state index in [1.165, 1.54) is 10.4 Å². The number of benzene rings is 2. The molecule has 1 saturated heterocycles. The second-order valence-electron chi connectivity index (χ2n) is 7.54. The van der Waals surface area contributed by atoms with E-state index in [0.717, 1.165) is 5.56 Å². The van der Waals surface area contributed by atoms with Gasteiger partial charge in [-0.15, -0.1) is 0 Å². The van der Waals surface area contributed by atoms with Crippen LogP contribution in [-0.2, 0) is 21.4 Å². The Balaban J connectivity index is 1.43. The van der Waals surface area contributed by atoms with Gasteiger partial charge in [-0.25, -0.2) is 13.2 Å². The molecule has 32 heavy (non-hydrogen) atoms. The zero-order valence-electron chi connectivity index (χ0n) is 17.9. The highest BCUT2D eigenvalue weighted by atomic mass is 35.5. The Morgan fingerprint density at radius 2 is 1.62 bits per heavy atom. The molecular weight excluding hydrogens is 452 g/mol. The zero-order valence-corrected chi connectivity index (χ0v) is 19.5. The Morgan fingerprint density at radius 3 is 2.28 bits per heavy atom. The summed E-state index contributed by atoms with van der Waals surface area (Å²) in [6, 6.07) is 15.7. The third-order valence-corrected chi connectivity index (χ3v) is 7.67. The monoisotopic (exact) mass is 478 g/mol. The van der Waals surface area contributed by atoms with Gasteiger partial charge in [-0.1, -0.05) is 54.1 Å². The van der Waals surface area contributed by atoms with E-state index in [4.69, 9.17) is 11.6 Å². The smallest absolute Gasteiger partial charge is 0.317 e. The van der Waals surface area contributed by atoms with E-state index in [0.29, 0.717) is 19.6 Å². The van der Waals surface area contributed by atoms with Crippen molar-refractivity contribution in [1.29, 1.82) is 0 Å². The number of nitrogens with one attached hydrogen (secondary N) is 1. The van der Waals surface area contributed by atoms with Crippen molar-refractivity contribution in [3.8, 4) is 0 Å². The molecule has 0 saturated carbocycles. The fraction of sp³-hybridized carbons (Fsp3) is 0.364. The average Bonchev–Trinajstić information content (AvgIpc) is 2.79. The number of piperazine rings is 1. The number of urea groups is 1. The van der Waals surface area contributed by atoms with Crippen LogP contribution in [0.25, 0.3) is 0 Å². The van der Waals surface area contributed by atoms with Crippen molar-refractivity contribution >= 4 is 33.6 Å². The minimum absolute atomic E-state index is 0.0729. The quantitative estimate of drug-likeness (QED) is 0.661. The van der Waals surface area contributed by atoms with Crippen LogP contribution >= 0.6 is 11.6 Å². The number of hydrogen-bond donors (Lipinski definition) is 1. The van der Waals surface area contributed by atoms with Gasteiger partial charge >= 0.3 is 6.03 Å². The minimum atomic E-state index is -3.70. The maximum absolute atomic E-state index is 12.8. The third-order valence-electron chi connectivity index (χ3n) is 5.27. The van der Waals surface area contributed by atoms with Crippen LogP contribution in [0, 0.1) is 0 Å². The summed E-state index contributed by atoms with van der Waals surface area (Å²) in [5.41, 5.74) is 1.02. The summed E-state index contributed by atoms with van der Waals surface area (Å²) >= 11 is 6.05. The predicted molar refractivity (Wildman–Crippen MR) is 123 cm³/mol. The molecule has 0 aromatic heterocycles. The molecule has 1 fully saturated rings. The molecule has 1 aliphatic rings. The Labute approximate surface area is 193 Å². The van der Waals surface area contributed by atoms with E-state index < -0.39 is 10.0 Å². The first-order valence-corrected chi connectivity index (χ1v) is 12.2. The minimum Gasteiger partial charge on any atom is -0.340 e. The first-order chi connectivity index (χ1) is 15.3. The molecule has 0 aliphatic carbocycles. The molecule has 8 nitrogen and oxygen atoms in total. The molecule has 3 rings (SSSR count). The molecule has 0 unspecified atom stereocenters. The van der Waals surface area contributed by atoms with Gasteiger partial charge in [0.1, 0.15) is 4.90 Å². The molecule has 172 valence electrons. The fourth-order valence-corrected chi connectivity index (χ4v) is 5.38. The summed E-state index contributed by atoms with van der Waals surface area (Å²) in [6.07, 6.45) is 0.155. The Morgan fingerprint density at radius 1 is 1.00 bits per heavy atom. The fourth-order valence-electron chi connectivity index (χ4n) is 3.47. The molecule has 0 bridgehead atoms. The summed E-state index contributed by atoms with van der Waals surface area (Å²) in [7, 11) is -2.01. The van der Waals surface area contributed by atoms with Gasteiger partial charge in [0.05, 0.1) is 5.02 Å². The highest BCUT2D eigenvalue weighted by molar-refractivity contribution is 7.89. The van der Waals surface area contributed by atoms with Gasteiger partial charge in [-0.2, -0.15) is 4.31 Å². The van der Waals surface area contributed by atoms with Gasteiger partial charge in [0.2, 0.25) is 15.9 Å². The number of carbonyl (C=O) groups is 2. The number of amides is 3. The number of halogens is 1. The third kappa shape index (κ3) is 5.99. The molecule has 2 aromatic carbocycles. The van der Waals surface area contributed by atoms with Crippen LogP contribution in [0.15, 0.2) is 59.5 Å². The molecule has 1 heterocycles. The van der Waals surface area contributed by atoms with Gasteiger partial charge < -0.3 is 15.1 Å². The van der Waals surface area contributed by atoms with Crippen molar-refractivity contribution in [2.75, 3.05) is 39.8 Å². The van der Waals surface area contributed by atoms with Crippen molar-refractivity contribution in [1.82, 2.24) is 19.4 Å². The number of hydrogen-bond acceptors (Lipinski definition) is 4. The number of nitrogens with zero attached hydrogens (tertiary/aromatic N) is 3. The molecular formula is C22H27ClN4O4S. The lowest BCUT2D eigenvalue weighted by atomic mass is 10.2. The van der Waals surface area contributed by atoms with Crippen LogP contribution in [-0.4, -0.2) is 74.2 Å². The number of carbonyl (C=O) groups excluding carboxylic acids is 2. The van der Waals surface area contributed by atoms with Gasteiger partial charge in [-0.05, 0) is 17.7 Å². The number of sulfonamides is 1. The van der Waals surface area contributed by atoms with Crippen LogP contribution in [0.5, 0.6) is 0 Å². The summed E-state index contributed by atoms with van der Waals surface area (Å²) in [5, 5.41) is 2.93. The van der Waals surface area contributed by atoms with Gasteiger partial charge in [0.25, 0.3) is 0 Å². The summed E-state index contributed by atoms with van der Waals surface area (Å²) in [4.78, 5) is 28.0. The lowest BCUT2D eigenvalue weighted by Gasteiger charge is -2.34. The van der Waals surface area contributed by atoms with Crippen LogP contribution < -0.4 is 5.32 Å². The van der Waals surface area contributed by atoms with E-state index in [2.05, 4.69) is 5.32 Å². The van der Waals surface area contributed by atoms with Crippen LogP contribution in [0.3, 0.4) is 0 Å². The standard InChI is InChI=1S/C22H27ClN4O4S/c1-25(17-18-7-3-2-4-8-18)22(29)24-12-11-21(28)26-13-15-27(16-14-26)32(30,31)20-10-6-5-9-19(20)23/h2-10H,11-17H2,1H3,(H,24,29). The highest BCUT2D eigenvalue weighted by Crippen LogP contribution is 2.25. The van der Waals surface area contributed by atoms with Crippen molar-refractivity contribution in [3.63, 3.8) is 0 Å². The van der Waals surface area contributed by atoms with Gasteiger partial charge in [0.15, 0.2) is 0 Å². The van der Waals surface area contributed by atoms with Crippen LogP contribution in [0.2, 0.25) is 5.02 Å². The molecule has 1 aliphatic heterocycles. The number of rotatable bonds is 7. The second-order valence-corrected chi connectivity index (χ2v) is 9.85. The first-order valence-electron chi connectivity index (χ1n) is 10.3. The maximum Gasteiger partial charge on any atom is 0.317 e. The van der Waals surface area contributed by atoms with Gasteiger partial charge in [0, 0.05) is 52.7 Å². The van der Waals surface area contributed by atoms with E-state index >= 15 is 0 Å². The topological polar surface area (TPSA) is 90.0 Å². The molecule has 0 spiro atoms. The normalized spacial score (nSPS) is 14.8. The largest absolute Gasteiger partial charge is 0.340 e. The van der Waals surface area contributed by atoms with Crippen LogP contribution in [0.1, 0.15) is 12.0 Å². The van der Waals surface area contributed by atoms with E-state index in [1.54, 1.807) is 35.0 Å². The summed E-state index contributed by atoms with van der Waals surface area (Å²) < 4.78 is 27.0. The lowest BCUT2D eigenvalue weighted by molar-refractivity contribution is -0.132. The SMILES string of the molecule is CN(Cc1ccccc1)C(=O)NCCC(=O)N1CCN(S(=O)(=O)c2ccccc2Cl)CC1. The zero-order chi connectivity index (χ0) is 23.1. The average molecular weight is 479 g/mol. The van der Waals surface area contributed by atoms with Crippen LogP contribution in [0.4, 0.5) is 4.79 Å².